The molecular weight excluding hydrogens is 312 g/mol. The number of nitrogens with zero attached hydrogens (tertiary/aromatic N) is 4. The SMILES string of the molecule is CCS(=O)(=O)N1CCC(Cc2nncn2Cc2ccccc2)C1. The summed E-state index contributed by atoms with van der Waals surface area (Å²) in [7, 11) is -3.08. The van der Waals surface area contributed by atoms with Crippen molar-refractivity contribution in [3.63, 3.8) is 0 Å². The Morgan fingerprint density at radius 1 is 1.26 bits per heavy atom. The molecule has 0 spiro atoms. The Morgan fingerprint density at radius 3 is 2.78 bits per heavy atom. The molecule has 2 aromatic rings. The zero-order valence-electron chi connectivity index (χ0n) is 13.3. The third-order valence-electron chi connectivity index (χ3n) is 4.37. The fraction of sp³-hybridized carbons (Fsp3) is 0.500. The van der Waals surface area contributed by atoms with E-state index in [1.54, 1.807) is 17.6 Å². The van der Waals surface area contributed by atoms with Crippen LogP contribution in [-0.2, 0) is 23.0 Å². The van der Waals surface area contributed by atoms with Crippen molar-refractivity contribution in [2.75, 3.05) is 18.8 Å². The maximum Gasteiger partial charge on any atom is 0.213 e. The van der Waals surface area contributed by atoms with Crippen LogP contribution in [0.5, 0.6) is 0 Å². The van der Waals surface area contributed by atoms with Crippen LogP contribution in [0, 0.1) is 5.92 Å². The minimum atomic E-state index is -3.08. The third kappa shape index (κ3) is 3.79. The summed E-state index contributed by atoms with van der Waals surface area (Å²) >= 11 is 0. The van der Waals surface area contributed by atoms with Gasteiger partial charge in [0.15, 0.2) is 0 Å². The lowest BCUT2D eigenvalue weighted by atomic mass is 10.0. The maximum atomic E-state index is 12.0. The van der Waals surface area contributed by atoms with Crippen molar-refractivity contribution in [3.8, 4) is 0 Å². The van der Waals surface area contributed by atoms with Crippen LogP contribution in [0.4, 0.5) is 0 Å². The number of benzene rings is 1. The summed E-state index contributed by atoms with van der Waals surface area (Å²) < 4.78 is 27.6. The quantitative estimate of drug-likeness (QED) is 0.804. The molecule has 1 aliphatic rings. The highest BCUT2D eigenvalue weighted by molar-refractivity contribution is 7.89. The van der Waals surface area contributed by atoms with Crippen LogP contribution < -0.4 is 0 Å². The van der Waals surface area contributed by atoms with E-state index < -0.39 is 10.0 Å². The predicted molar refractivity (Wildman–Crippen MR) is 88.4 cm³/mol. The Labute approximate surface area is 137 Å². The molecule has 1 aromatic carbocycles. The number of sulfonamides is 1. The zero-order chi connectivity index (χ0) is 16.3. The van der Waals surface area contributed by atoms with Gasteiger partial charge in [-0.2, -0.15) is 0 Å². The first-order chi connectivity index (χ1) is 11.1. The molecule has 0 saturated carbocycles. The summed E-state index contributed by atoms with van der Waals surface area (Å²) in [5.74, 6) is 1.41. The standard InChI is InChI=1S/C16H22N4O2S/c1-2-23(21,22)20-9-8-15(12-20)10-16-18-17-13-19(16)11-14-6-4-3-5-7-14/h3-7,13,15H,2,8-12H2,1H3. The molecule has 23 heavy (non-hydrogen) atoms. The molecule has 0 N–H and O–H groups in total. The lowest BCUT2D eigenvalue weighted by Gasteiger charge is -2.15. The molecule has 3 rings (SSSR count). The average Bonchev–Trinajstić information content (AvgIpc) is 3.19. The summed E-state index contributed by atoms with van der Waals surface area (Å²) in [6.07, 6.45) is 3.40. The lowest BCUT2D eigenvalue weighted by molar-refractivity contribution is 0.451. The average molecular weight is 334 g/mol. The maximum absolute atomic E-state index is 12.0. The topological polar surface area (TPSA) is 68.1 Å². The second kappa shape index (κ2) is 6.80. The van der Waals surface area contributed by atoms with Crippen molar-refractivity contribution in [1.29, 1.82) is 0 Å². The number of rotatable bonds is 6. The van der Waals surface area contributed by atoms with Crippen LogP contribution in [0.3, 0.4) is 0 Å². The van der Waals surface area contributed by atoms with E-state index in [-0.39, 0.29) is 5.75 Å². The Morgan fingerprint density at radius 2 is 2.04 bits per heavy atom. The van der Waals surface area contributed by atoms with Gasteiger partial charge in [0.1, 0.15) is 12.2 Å². The van der Waals surface area contributed by atoms with Crippen LogP contribution in [0.2, 0.25) is 0 Å². The van der Waals surface area contributed by atoms with E-state index in [4.69, 9.17) is 0 Å². The van der Waals surface area contributed by atoms with Gasteiger partial charge in [-0.3, -0.25) is 0 Å². The van der Waals surface area contributed by atoms with Crippen molar-refractivity contribution in [2.45, 2.75) is 26.3 Å². The molecule has 0 radical (unpaired) electrons. The van der Waals surface area contributed by atoms with Gasteiger partial charge in [-0.05, 0) is 24.8 Å². The number of aromatic nitrogens is 3. The number of hydrogen-bond acceptors (Lipinski definition) is 4. The van der Waals surface area contributed by atoms with E-state index in [0.717, 1.165) is 25.2 Å². The normalized spacial score (nSPS) is 19.3. The van der Waals surface area contributed by atoms with E-state index in [9.17, 15) is 8.42 Å². The molecule has 0 amide bonds. The van der Waals surface area contributed by atoms with Crippen LogP contribution in [0.1, 0.15) is 24.7 Å². The van der Waals surface area contributed by atoms with Crippen molar-refractivity contribution < 1.29 is 8.42 Å². The first-order valence-corrected chi connectivity index (χ1v) is 9.58. The van der Waals surface area contributed by atoms with Gasteiger partial charge in [-0.1, -0.05) is 30.3 Å². The highest BCUT2D eigenvalue weighted by atomic mass is 32.2. The second-order valence-electron chi connectivity index (χ2n) is 5.98. The molecule has 2 heterocycles. The largest absolute Gasteiger partial charge is 0.313 e. The fourth-order valence-corrected chi connectivity index (χ4v) is 4.19. The molecule has 0 bridgehead atoms. The van der Waals surface area contributed by atoms with Gasteiger partial charge in [0.05, 0.1) is 12.3 Å². The third-order valence-corrected chi connectivity index (χ3v) is 6.22. The van der Waals surface area contributed by atoms with Crippen molar-refractivity contribution >= 4 is 10.0 Å². The second-order valence-corrected chi connectivity index (χ2v) is 8.24. The van der Waals surface area contributed by atoms with E-state index in [0.29, 0.717) is 19.0 Å². The Hall–Kier alpha value is -1.73. The lowest BCUT2D eigenvalue weighted by Crippen LogP contribution is -2.30. The molecule has 1 fully saturated rings. The van der Waals surface area contributed by atoms with E-state index in [1.807, 2.05) is 22.8 Å². The van der Waals surface area contributed by atoms with Gasteiger partial charge in [-0.25, -0.2) is 12.7 Å². The molecule has 1 aliphatic heterocycles. The van der Waals surface area contributed by atoms with Gasteiger partial charge >= 0.3 is 0 Å². The fourth-order valence-electron chi connectivity index (χ4n) is 3.01. The van der Waals surface area contributed by atoms with Gasteiger partial charge < -0.3 is 4.57 Å². The molecule has 124 valence electrons. The Bertz CT molecular complexity index is 742. The molecular formula is C16H22N4O2S. The summed E-state index contributed by atoms with van der Waals surface area (Å²) in [6.45, 7) is 3.65. The van der Waals surface area contributed by atoms with Crippen LogP contribution in [-0.4, -0.2) is 46.3 Å². The first-order valence-electron chi connectivity index (χ1n) is 7.97. The Balaban J connectivity index is 1.65. The van der Waals surface area contributed by atoms with E-state index in [1.165, 1.54) is 5.56 Å². The van der Waals surface area contributed by atoms with Crippen molar-refractivity contribution in [3.05, 3.63) is 48.0 Å². The highest BCUT2D eigenvalue weighted by Crippen LogP contribution is 2.23. The van der Waals surface area contributed by atoms with Gasteiger partial charge in [-0.15, -0.1) is 10.2 Å². The van der Waals surface area contributed by atoms with Crippen LogP contribution in [0.25, 0.3) is 0 Å². The summed E-state index contributed by atoms with van der Waals surface area (Å²) in [4.78, 5) is 0. The van der Waals surface area contributed by atoms with Gasteiger partial charge in [0.2, 0.25) is 10.0 Å². The first kappa shape index (κ1) is 16.1. The van der Waals surface area contributed by atoms with E-state index >= 15 is 0 Å². The predicted octanol–water partition coefficient (Wildman–Crippen LogP) is 1.54. The molecule has 1 atom stereocenters. The Kier molecular flexibility index (Phi) is 4.77. The molecule has 1 unspecified atom stereocenters. The highest BCUT2D eigenvalue weighted by Gasteiger charge is 2.30. The number of hydrogen-bond donors (Lipinski definition) is 0. The summed E-state index contributed by atoms with van der Waals surface area (Å²) in [6, 6.07) is 10.2. The molecule has 6 nitrogen and oxygen atoms in total. The summed E-state index contributed by atoms with van der Waals surface area (Å²) in [5.41, 5.74) is 1.20. The monoisotopic (exact) mass is 334 g/mol. The smallest absolute Gasteiger partial charge is 0.213 e. The van der Waals surface area contributed by atoms with Crippen molar-refractivity contribution in [2.24, 2.45) is 5.92 Å². The minimum absolute atomic E-state index is 0.171. The van der Waals surface area contributed by atoms with E-state index in [2.05, 4.69) is 22.3 Å². The zero-order valence-corrected chi connectivity index (χ0v) is 14.1. The molecule has 7 heteroatoms. The molecule has 1 saturated heterocycles. The van der Waals surface area contributed by atoms with Gasteiger partial charge in [0, 0.05) is 19.5 Å². The molecule has 0 aliphatic carbocycles. The van der Waals surface area contributed by atoms with Crippen LogP contribution >= 0.6 is 0 Å². The minimum Gasteiger partial charge on any atom is -0.313 e. The molecule has 1 aromatic heterocycles. The van der Waals surface area contributed by atoms with Crippen molar-refractivity contribution in [1.82, 2.24) is 19.1 Å². The summed E-state index contributed by atoms with van der Waals surface area (Å²) in [5, 5.41) is 8.25. The van der Waals surface area contributed by atoms with Gasteiger partial charge in [0.25, 0.3) is 0 Å². The van der Waals surface area contributed by atoms with Crippen LogP contribution in [0.15, 0.2) is 36.7 Å².